The molecule has 1 fully saturated rings. The van der Waals surface area contributed by atoms with Crippen LogP contribution in [0.4, 0.5) is 0 Å². The lowest BCUT2D eigenvalue weighted by Gasteiger charge is -2.29. The van der Waals surface area contributed by atoms with Crippen LogP contribution in [0.5, 0.6) is 0 Å². The van der Waals surface area contributed by atoms with Crippen LogP contribution in [-0.2, 0) is 36.1 Å². The van der Waals surface area contributed by atoms with Crippen molar-refractivity contribution in [1.82, 2.24) is 14.8 Å². The van der Waals surface area contributed by atoms with Crippen molar-refractivity contribution in [2.45, 2.75) is 23.3 Å². The van der Waals surface area contributed by atoms with E-state index in [9.17, 15) is 8.42 Å². The van der Waals surface area contributed by atoms with Crippen molar-refractivity contribution in [2.24, 2.45) is 0 Å². The average Bonchev–Trinajstić information content (AvgIpc) is 3.58. The van der Waals surface area contributed by atoms with E-state index in [0.717, 1.165) is 27.1 Å². The van der Waals surface area contributed by atoms with Gasteiger partial charge in [-0.2, -0.15) is 13.5 Å². The van der Waals surface area contributed by atoms with Gasteiger partial charge < -0.3 is 9.47 Å². The molecule has 0 aliphatic carbocycles. The molecule has 36 heavy (non-hydrogen) atoms. The summed E-state index contributed by atoms with van der Waals surface area (Å²) >= 11 is 0. The number of ether oxygens (including phenoxy) is 2. The molecule has 8 nitrogen and oxygen atoms in total. The second-order valence-electron chi connectivity index (χ2n) is 8.67. The van der Waals surface area contributed by atoms with E-state index in [0.29, 0.717) is 0 Å². The van der Waals surface area contributed by atoms with Gasteiger partial charge in [0.05, 0.1) is 18.1 Å². The van der Waals surface area contributed by atoms with Gasteiger partial charge >= 0.3 is 0 Å². The third-order valence-corrected chi connectivity index (χ3v) is 7.59. The molecule has 6 rings (SSSR count). The van der Waals surface area contributed by atoms with Crippen molar-refractivity contribution >= 4 is 31.7 Å². The van der Waals surface area contributed by atoms with Crippen molar-refractivity contribution in [3.05, 3.63) is 103 Å². The van der Waals surface area contributed by atoms with Gasteiger partial charge in [0, 0.05) is 5.56 Å². The highest BCUT2D eigenvalue weighted by Crippen LogP contribution is 2.39. The smallest absolute Gasteiger partial charge is 0.297 e. The quantitative estimate of drug-likeness (QED) is 0.308. The first-order valence-electron chi connectivity index (χ1n) is 11.5. The summed E-state index contributed by atoms with van der Waals surface area (Å²) in [5.74, 6) is -1.19. The van der Waals surface area contributed by atoms with E-state index in [2.05, 4.69) is 10.1 Å². The van der Waals surface area contributed by atoms with Gasteiger partial charge in [0.15, 0.2) is 0 Å². The predicted octanol–water partition coefficient (Wildman–Crippen LogP) is 4.26. The van der Waals surface area contributed by atoms with Crippen molar-refractivity contribution in [1.29, 1.82) is 0 Å². The standard InChI is InChI=1S/C27H23N3O5S/c31-36(32,24-13-12-20-6-1-2-8-22(20)14-24)34-16-23-15-33-27(35-23,17-30-19-28-18-29-30)26-11-5-9-21-7-3-4-10-25(21)26/h1-14,18-19,23H,15-17H2/t23-,27+/m0/s1. The summed E-state index contributed by atoms with van der Waals surface area (Å²) in [6.07, 6.45) is 2.43. The van der Waals surface area contributed by atoms with Gasteiger partial charge in [0.2, 0.25) is 5.79 Å². The largest absolute Gasteiger partial charge is 0.342 e. The Morgan fingerprint density at radius 3 is 2.56 bits per heavy atom. The number of hydrogen-bond acceptors (Lipinski definition) is 7. The molecule has 5 aromatic rings. The lowest BCUT2D eigenvalue weighted by Crippen LogP contribution is -2.35. The summed E-state index contributed by atoms with van der Waals surface area (Å²) in [6.45, 7) is 0.221. The normalized spacial score (nSPS) is 20.3. The Morgan fingerprint density at radius 2 is 1.72 bits per heavy atom. The maximum Gasteiger partial charge on any atom is 0.297 e. The van der Waals surface area contributed by atoms with Gasteiger partial charge in [-0.05, 0) is 33.7 Å². The third kappa shape index (κ3) is 4.27. The van der Waals surface area contributed by atoms with Gasteiger partial charge in [-0.15, -0.1) is 0 Å². The summed E-state index contributed by atoms with van der Waals surface area (Å²) in [4.78, 5) is 4.13. The Balaban J connectivity index is 1.26. The van der Waals surface area contributed by atoms with Crippen molar-refractivity contribution in [3.8, 4) is 0 Å². The topological polar surface area (TPSA) is 92.5 Å². The van der Waals surface area contributed by atoms with Crippen LogP contribution in [0.2, 0.25) is 0 Å². The fourth-order valence-electron chi connectivity index (χ4n) is 4.60. The second-order valence-corrected chi connectivity index (χ2v) is 10.3. The first-order valence-corrected chi connectivity index (χ1v) is 12.9. The van der Waals surface area contributed by atoms with Gasteiger partial charge in [-0.1, -0.05) is 72.8 Å². The van der Waals surface area contributed by atoms with Crippen LogP contribution in [-0.4, -0.2) is 42.5 Å². The van der Waals surface area contributed by atoms with Crippen molar-refractivity contribution < 1.29 is 22.1 Å². The molecular formula is C27H23N3O5S. The molecule has 9 heteroatoms. The molecule has 0 radical (unpaired) electrons. The van der Waals surface area contributed by atoms with E-state index in [-0.39, 0.29) is 24.7 Å². The molecule has 1 aromatic heterocycles. The SMILES string of the molecule is O=S(=O)(OC[C@@H]1CO[C@@](Cn2cncn2)(c2cccc3ccccc23)O1)c1ccc2ccccc2c1. The molecular weight excluding hydrogens is 478 g/mol. The van der Waals surface area contributed by atoms with E-state index in [1.165, 1.54) is 6.33 Å². The molecule has 0 bridgehead atoms. The number of fused-ring (bicyclic) bond motifs is 2. The van der Waals surface area contributed by atoms with Gasteiger partial charge in [0.25, 0.3) is 10.1 Å². The highest BCUT2D eigenvalue weighted by Gasteiger charge is 2.45. The van der Waals surface area contributed by atoms with E-state index in [1.807, 2.05) is 66.7 Å². The minimum absolute atomic E-state index is 0.100. The number of aromatic nitrogens is 3. The summed E-state index contributed by atoms with van der Waals surface area (Å²) in [6, 6.07) is 26.4. The van der Waals surface area contributed by atoms with E-state index < -0.39 is 22.0 Å². The zero-order chi connectivity index (χ0) is 24.6. The summed E-state index contributed by atoms with van der Waals surface area (Å²) in [5.41, 5.74) is 0.830. The molecule has 1 aliphatic rings. The molecule has 1 aliphatic heterocycles. The zero-order valence-electron chi connectivity index (χ0n) is 19.2. The fourth-order valence-corrected chi connectivity index (χ4v) is 5.57. The Labute approximate surface area is 208 Å². The van der Waals surface area contributed by atoms with Crippen molar-refractivity contribution in [3.63, 3.8) is 0 Å². The third-order valence-electron chi connectivity index (χ3n) is 6.31. The first kappa shape index (κ1) is 22.8. The average molecular weight is 502 g/mol. The maximum atomic E-state index is 13.0. The molecule has 182 valence electrons. The van der Waals surface area contributed by atoms with E-state index in [1.54, 1.807) is 29.2 Å². The highest BCUT2D eigenvalue weighted by molar-refractivity contribution is 7.86. The van der Waals surface area contributed by atoms with Crippen LogP contribution >= 0.6 is 0 Å². The summed E-state index contributed by atoms with van der Waals surface area (Å²) in [7, 11) is -3.99. The monoisotopic (exact) mass is 501 g/mol. The van der Waals surface area contributed by atoms with E-state index >= 15 is 0 Å². The summed E-state index contributed by atoms with van der Waals surface area (Å²) < 4.78 is 45.7. The first-order chi connectivity index (χ1) is 17.5. The molecule has 2 heterocycles. The number of rotatable bonds is 7. The highest BCUT2D eigenvalue weighted by atomic mass is 32.2. The van der Waals surface area contributed by atoms with Crippen molar-refractivity contribution in [2.75, 3.05) is 13.2 Å². The van der Waals surface area contributed by atoms with Crippen LogP contribution in [0.15, 0.2) is 102 Å². The lowest BCUT2D eigenvalue weighted by molar-refractivity contribution is -0.189. The Morgan fingerprint density at radius 1 is 0.944 bits per heavy atom. The second kappa shape index (κ2) is 9.11. The molecule has 0 amide bonds. The van der Waals surface area contributed by atoms with Gasteiger partial charge in [0.1, 0.15) is 25.3 Å². The van der Waals surface area contributed by atoms with E-state index in [4.69, 9.17) is 13.7 Å². The maximum absolute atomic E-state index is 13.0. The van der Waals surface area contributed by atoms with Crippen LogP contribution in [0.1, 0.15) is 5.56 Å². The van der Waals surface area contributed by atoms with Crippen LogP contribution in [0.3, 0.4) is 0 Å². The zero-order valence-corrected chi connectivity index (χ0v) is 20.0. The molecule has 1 saturated heterocycles. The van der Waals surface area contributed by atoms with Gasteiger partial charge in [-0.25, -0.2) is 9.67 Å². The summed E-state index contributed by atoms with van der Waals surface area (Å²) in [5, 5.41) is 8.02. The number of nitrogens with zero attached hydrogens (tertiary/aromatic N) is 3. The molecule has 0 unspecified atom stereocenters. The van der Waals surface area contributed by atoms with Crippen LogP contribution in [0, 0.1) is 0 Å². The molecule has 2 atom stereocenters. The lowest BCUT2D eigenvalue weighted by atomic mass is 9.97. The number of hydrogen-bond donors (Lipinski definition) is 0. The Kier molecular flexibility index (Phi) is 5.77. The number of benzene rings is 4. The predicted molar refractivity (Wildman–Crippen MR) is 134 cm³/mol. The molecule has 0 saturated carbocycles. The molecule has 0 spiro atoms. The molecule has 0 N–H and O–H groups in total. The van der Waals surface area contributed by atoms with Crippen LogP contribution in [0.25, 0.3) is 21.5 Å². The Bertz CT molecular complexity index is 1630. The van der Waals surface area contributed by atoms with Crippen LogP contribution < -0.4 is 0 Å². The van der Waals surface area contributed by atoms with Gasteiger partial charge in [-0.3, -0.25) is 4.18 Å². The Hall–Kier alpha value is -3.63. The minimum Gasteiger partial charge on any atom is -0.342 e. The minimum atomic E-state index is -3.99. The molecule has 4 aromatic carbocycles. The fraction of sp³-hybridized carbons (Fsp3) is 0.185.